The summed E-state index contributed by atoms with van der Waals surface area (Å²) >= 11 is 0. The second-order valence-electron chi connectivity index (χ2n) is 2.54. The summed E-state index contributed by atoms with van der Waals surface area (Å²) in [6, 6.07) is 0. The molecular weight excluding hydrogens is 172 g/mol. The van der Waals surface area contributed by atoms with Crippen LogP contribution in [0.1, 0.15) is 27.2 Å². The van der Waals surface area contributed by atoms with Gasteiger partial charge in [0.15, 0.2) is 6.29 Å². The largest absolute Gasteiger partial charge is 0.478 e. The summed E-state index contributed by atoms with van der Waals surface area (Å²) in [4.78, 5) is 10.4. The number of rotatable bonds is 6. The first-order valence-corrected chi connectivity index (χ1v) is 4.28. The van der Waals surface area contributed by atoms with Crippen molar-refractivity contribution in [2.24, 2.45) is 0 Å². The van der Waals surface area contributed by atoms with Crippen LogP contribution in [-0.4, -0.2) is 24.0 Å². The Bertz CT molecular complexity index is 186. The fourth-order valence-corrected chi connectivity index (χ4v) is 0.668. The average molecular weight is 188 g/mol. The van der Waals surface area contributed by atoms with Gasteiger partial charge in [0.25, 0.3) is 0 Å². The predicted molar refractivity (Wildman–Crippen MR) is 48.2 cm³/mol. The Morgan fingerprint density at radius 3 is 2.54 bits per heavy atom. The van der Waals surface area contributed by atoms with E-state index in [1.807, 2.05) is 13.8 Å². The number of carbonyl (C=O) groups is 1. The van der Waals surface area contributed by atoms with Crippen molar-refractivity contribution in [3.63, 3.8) is 0 Å². The molecule has 0 aromatic heterocycles. The number of ether oxygens (including phenoxy) is 2. The first-order valence-electron chi connectivity index (χ1n) is 4.28. The molecule has 0 aliphatic rings. The number of hydrogen-bond donors (Lipinski definition) is 1. The highest BCUT2D eigenvalue weighted by atomic mass is 16.7. The van der Waals surface area contributed by atoms with E-state index in [9.17, 15) is 4.79 Å². The van der Waals surface area contributed by atoms with Crippen LogP contribution in [0.15, 0.2) is 11.8 Å². The van der Waals surface area contributed by atoms with E-state index >= 15 is 0 Å². The monoisotopic (exact) mass is 188 g/mol. The van der Waals surface area contributed by atoms with Crippen LogP contribution < -0.4 is 0 Å². The molecule has 0 aromatic rings. The van der Waals surface area contributed by atoms with Crippen molar-refractivity contribution in [1.29, 1.82) is 0 Å². The van der Waals surface area contributed by atoms with Gasteiger partial charge in [0.2, 0.25) is 0 Å². The van der Waals surface area contributed by atoms with Gasteiger partial charge in [-0.2, -0.15) is 0 Å². The lowest BCUT2D eigenvalue weighted by molar-refractivity contribution is -0.133. The van der Waals surface area contributed by atoms with Crippen LogP contribution in [0.2, 0.25) is 0 Å². The topological polar surface area (TPSA) is 55.8 Å². The van der Waals surface area contributed by atoms with Crippen molar-refractivity contribution >= 4 is 5.97 Å². The Labute approximate surface area is 78.2 Å². The molecule has 0 bridgehead atoms. The van der Waals surface area contributed by atoms with Gasteiger partial charge in [0.05, 0.1) is 11.8 Å². The molecule has 4 heteroatoms. The quantitative estimate of drug-likeness (QED) is 0.392. The Balaban J connectivity index is 3.95. The third kappa shape index (κ3) is 5.25. The summed E-state index contributed by atoms with van der Waals surface area (Å²) in [5, 5.41) is 8.51. The minimum absolute atomic E-state index is 0.165. The highest BCUT2D eigenvalue weighted by molar-refractivity contribution is 5.85. The zero-order valence-corrected chi connectivity index (χ0v) is 8.24. The normalized spacial score (nSPS) is 13.9. The lowest BCUT2D eigenvalue weighted by atomic mass is 10.3. The van der Waals surface area contributed by atoms with E-state index in [0.717, 1.165) is 0 Å². The molecule has 0 aliphatic carbocycles. The van der Waals surface area contributed by atoms with Crippen LogP contribution in [0.25, 0.3) is 0 Å². The standard InChI is InChI=1S/C9H16O4/c1-4-8(12-5-2)13-6-7(3)9(10)11/h6,8H,4-5H2,1-3H3,(H,10,11). The van der Waals surface area contributed by atoms with Crippen LogP contribution in [0.5, 0.6) is 0 Å². The first kappa shape index (κ1) is 12.0. The van der Waals surface area contributed by atoms with E-state index in [-0.39, 0.29) is 11.9 Å². The molecule has 1 unspecified atom stereocenters. The first-order chi connectivity index (χ1) is 6.11. The molecule has 76 valence electrons. The minimum Gasteiger partial charge on any atom is -0.478 e. The zero-order chi connectivity index (χ0) is 10.3. The Morgan fingerprint density at radius 1 is 1.54 bits per heavy atom. The molecule has 13 heavy (non-hydrogen) atoms. The molecule has 0 spiro atoms. The maximum absolute atomic E-state index is 10.4. The molecule has 0 rings (SSSR count). The fourth-order valence-electron chi connectivity index (χ4n) is 0.668. The smallest absolute Gasteiger partial charge is 0.334 e. The van der Waals surface area contributed by atoms with Crippen LogP contribution in [0, 0.1) is 0 Å². The van der Waals surface area contributed by atoms with Crippen LogP contribution in [0.4, 0.5) is 0 Å². The van der Waals surface area contributed by atoms with Gasteiger partial charge in [-0.15, -0.1) is 0 Å². The third-order valence-corrected chi connectivity index (χ3v) is 1.42. The molecule has 0 aromatic carbocycles. The van der Waals surface area contributed by atoms with Gasteiger partial charge < -0.3 is 14.6 Å². The Hall–Kier alpha value is -1.03. The van der Waals surface area contributed by atoms with Gasteiger partial charge in [-0.05, 0) is 13.8 Å². The minimum atomic E-state index is -0.980. The predicted octanol–water partition coefficient (Wildman–Crippen LogP) is 1.76. The van der Waals surface area contributed by atoms with Crippen molar-refractivity contribution in [2.45, 2.75) is 33.5 Å². The summed E-state index contributed by atoms with van der Waals surface area (Å²) in [7, 11) is 0. The number of carboxylic acids is 1. The van der Waals surface area contributed by atoms with Crippen LogP contribution >= 0.6 is 0 Å². The highest BCUT2D eigenvalue weighted by Crippen LogP contribution is 2.03. The van der Waals surface area contributed by atoms with Gasteiger partial charge in [0, 0.05) is 13.0 Å². The van der Waals surface area contributed by atoms with Crippen molar-refractivity contribution in [2.75, 3.05) is 6.61 Å². The van der Waals surface area contributed by atoms with E-state index in [1.165, 1.54) is 13.2 Å². The molecule has 0 amide bonds. The summed E-state index contributed by atoms with van der Waals surface area (Å²) in [6.07, 6.45) is 1.56. The van der Waals surface area contributed by atoms with Crippen molar-refractivity contribution in [3.05, 3.63) is 11.8 Å². The molecule has 0 heterocycles. The van der Waals surface area contributed by atoms with E-state index < -0.39 is 5.97 Å². The molecule has 1 N–H and O–H groups in total. The summed E-state index contributed by atoms with van der Waals surface area (Å²) in [5.41, 5.74) is 0.165. The van der Waals surface area contributed by atoms with E-state index in [0.29, 0.717) is 13.0 Å². The van der Waals surface area contributed by atoms with E-state index in [1.54, 1.807) is 0 Å². The second kappa shape index (κ2) is 6.48. The van der Waals surface area contributed by atoms with E-state index in [2.05, 4.69) is 0 Å². The van der Waals surface area contributed by atoms with Gasteiger partial charge in [0.1, 0.15) is 0 Å². The Kier molecular flexibility index (Phi) is 5.97. The lowest BCUT2D eigenvalue weighted by Crippen LogP contribution is -2.13. The van der Waals surface area contributed by atoms with Crippen molar-refractivity contribution in [3.8, 4) is 0 Å². The summed E-state index contributed by atoms with van der Waals surface area (Å²) in [5.74, 6) is -0.980. The van der Waals surface area contributed by atoms with Gasteiger partial charge in [-0.1, -0.05) is 6.92 Å². The molecule has 0 fully saturated rings. The average Bonchev–Trinajstić information content (AvgIpc) is 2.11. The molecule has 0 saturated heterocycles. The second-order valence-corrected chi connectivity index (χ2v) is 2.54. The maximum atomic E-state index is 10.4. The molecule has 0 radical (unpaired) electrons. The summed E-state index contributed by atoms with van der Waals surface area (Å²) < 4.78 is 10.3. The molecule has 0 saturated carbocycles. The SMILES string of the molecule is CCOC(CC)OC=C(C)C(=O)O. The van der Waals surface area contributed by atoms with Crippen LogP contribution in [0.3, 0.4) is 0 Å². The van der Waals surface area contributed by atoms with Crippen molar-refractivity contribution < 1.29 is 19.4 Å². The van der Waals surface area contributed by atoms with Crippen molar-refractivity contribution in [1.82, 2.24) is 0 Å². The third-order valence-electron chi connectivity index (χ3n) is 1.42. The molecule has 0 aliphatic heterocycles. The maximum Gasteiger partial charge on any atom is 0.334 e. The number of carboxylic acid groups (broad SMARTS) is 1. The molecule has 4 nitrogen and oxygen atoms in total. The molecule has 1 atom stereocenters. The number of aliphatic carboxylic acids is 1. The van der Waals surface area contributed by atoms with Gasteiger partial charge in [-0.25, -0.2) is 4.79 Å². The number of hydrogen-bond acceptors (Lipinski definition) is 3. The highest BCUT2D eigenvalue weighted by Gasteiger charge is 2.05. The van der Waals surface area contributed by atoms with Crippen LogP contribution in [-0.2, 0) is 14.3 Å². The van der Waals surface area contributed by atoms with Gasteiger partial charge >= 0.3 is 5.97 Å². The Morgan fingerprint density at radius 2 is 2.15 bits per heavy atom. The fraction of sp³-hybridized carbons (Fsp3) is 0.667. The zero-order valence-electron chi connectivity index (χ0n) is 8.24. The van der Waals surface area contributed by atoms with E-state index in [4.69, 9.17) is 14.6 Å². The summed E-state index contributed by atoms with van der Waals surface area (Å²) in [6.45, 7) is 5.80. The lowest BCUT2D eigenvalue weighted by Gasteiger charge is -2.14. The molecular formula is C9H16O4. The van der Waals surface area contributed by atoms with Gasteiger partial charge in [-0.3, -0.25) is 0 Å².